The molecule has 0 aromatic heterocycles. The number of esters is 1. The van der Waals surface area contributed by atoms with Crippen LogP contribution in [0.1, 0.15) is 23.7 Å². The standard InChI is InChI=1S/C13H18N2O5S/c1-3-20-12(16)8-9-15-21(18,19)11-6-4-10(5-7-11)13(17)14-2/h4-7,15H,3,8-9H2,1-2H3,(H,14,17). The van der Waals surface area contributed by atoms with Gasteiger partial charge >= 0.3 is 5.97 Å². The van der Waals surface area contributed by atoms with Gasteiger partial charge in [-0.25, -0.2) is 13.1 Å². The summed E-state index contributed by atoms with van der Waals surface area (Å²) in [4.78, 5) is 22.5. The molecule has 21 heavy (non-hydrogen) atoms. The largest absolute Gasteiger partial charge is 0.466 e. The summed E-state index contributed by atoms with van der Waals surface area (Å²) in [6.07, 6.45) is -0.0383. The Bertz CT molecular complexity index is 595. The topological polar surface area (TPSA) is 102 Å². The van der Waals surface area contributed by atoms with Gasteiger partial charge < -0.3 is 10.1 Å². The summed E-state index contributed by atoms with van der Waals surface area (Å²) in [5, 5.41) is 2.44. The molecule has 0 unspecified atom stereocenters. The molecule has 1 rings (SSSR count). The van der Waals surface area contributed by atoms with E-state index in [1.807, 2.05) is 0 Å². The molecule has 1 aromatic rings. The molecule has 0 radical (unpaired) electrons. The van der Waals surface area contributed by atoms with Crippen molar-refractivity contribution in [1.82, 2.24) is 10.0 Å². The minimum Gasteiger partial charge on any atom is -0.466 e. The Morgan fingerprint density at radius 2 is 1.81 bits per heavy atom. The quantitative estimate of drug-likeness (QED) is 0.704. The molecular weight excluding hydrogens is 296 g/mol. The van der Waals surface area contributed by atoms with Crippen LogP contribution in [0.5, 0.6) is 0 Å². The predicted molar refractivity (Wildman–Crippen MR) is 76.3 cm³/mol. The highest BCUT2D eigenvalue weighted by molar-refractivity contribution is 7.89. The maximum atomic E-state index is 12.0. The van der Waals surface area contributed by atoms with Gasteiger partial charge in [-0.15, -0.1) is 0 Å². The van der Waals surface area contributed by atoms with Crippen LogP contribution < -0.4 is 10.0 Å². The first-order chi connectivity index (χ1) is 9.90. The van der Waals surface area contributed by atoms with Crippen molar-refractivity contribution in [3.63, 3.8) is 0 Å². The maximum Gasteiger partial charge on any atom is 0.307 e. The fourth-order valence-electron chi connectivity index (χ4n) is 1.53. The highest BCUT2D eigenvalue weighted by Crippen LogP contribution is 2.10. The van der Waals surface area contributed by atoms with Crippen molar-refractivity contribution in [2.24, 2.45) is 0 Å². The minimum absolute atomic E-state index is 0.0269. The number of hydrogen-bond donors (Lipinski definition) is 2. The monoisotopic (exact) mass is 314 g/mol. The van der Waals surface area contributed by atoms with Crippen LogP contribution in [0.4, 0.5) is 0 Å². The molecule has 2 N–H and O–H groups in total. The van der Waals surface area contributed by atoms with Crippen LogP contribution in [0.3, 0.4) is 0 Å². The van der Waals surface area contributed by atoms with Crippen molar-refractivity contribution in [1.29, 1.82) is 0 Å². The molecule has 0 aliphatic carbocycles. The Morgan fingerprint density at radius 1 is 1.19 bits per heavy atom. The number of nitrogens with one attached hydrogen (secondary N) is 2. The van der Waals surface area contributed by atoms with Crippen molar-refractivity contribution in [2.75, 3.05) is 20.2 Å². The van der Waals surface area contributed by atoms with Gasteiger partial charge in [-0.3, -0.25) is 9.59 Å². The Kier molecular flexibility index (Phi) is 6.32. The molecule has 0 bridgehead atoms. The van der Waals surface area contributed by atoms with Crippen molar-refractivity contribution in [3.05, 3.63) is 29.8 Å². The molecule has 0 aliphatic rings. The van der Waals surface area contributed by atoms with Crippen LogP contribution in [-0.4, -0.2) is 40.5 Å². The number of rotatable bonds is 7. The number of carbonyl (C=O) groups is 2. The number of hydrogen-bond acceptors (Lipinski definition) is 5. The number of sulfonamides is 1. The summed E-state index contributed by atoms with van der Waals surface area (Å²) in [5.41, 5.74) is 0.364. The Balaban J connectivity index is 2.66. The van der Waals surface area contributed by atoms with E-state index in [2.05, 4.69) is 10.0 Å². The van der Waals surface area contributed by atoms with E-state index < -0.39 is 16.0 Å². The molecule has 0 saturated carbocycles. The number of benzene rings is 1. The first-order valence-corrected chi connectivity index (χ1v) is 7.86. The highest BCUT2D eigenvalue weighted by Gasteiger charge is 2.15. The molecule has 0 fully saturated rings. The minimum atomic E-state index is -3.71. The molecule has 1 amide bonds. The number of ether oxygens (including phenoxy) is 1. The lowest BCUT2D eigenvalue weighted by Crippen LogP contribution is -2.27. The third-order valence-electron chi connectivity index (χ3n) is 2.58. The average Bonchev–Trinajstić information content (AvgIpc) is 2.46. The van der Waals surface area contributed by atoms with E-state index in [4.69, 9.17) is 4.74 Å². The van der Waals surface area contributed by atoms with Gasteiger partial charge in [0.25, 0.3) is 5.91 Å². The molecule has 116 valence electrons. The van der Waals surface area contributed by atoms with Crippen LogP contribution in [0, 0.1) is 0 Å². The van der Waals surface area contributed by atoms with Crippen LogP contribution in [0.25, 0.3) is 0 Å². The second kappa shape index (κ2) is 7.75. The molecule has 8 heteroatoms. The van der Waals surface area contributed by atoms with Crippen LogP contribution in [0.15, 0.2) is 29.2 Å². The zero-order valence-corrected chi connectivity index (χ0v) is 12.7. The molecule has 7 nitrogen and oxygen atoms in total. The van der Waals surface area contributed by atoms with Crippen LogP contribution >= 0.6 is 0 Å². The fraction of sp³-hybridized carbons (Fsp3) is 0.385. The first kappa shape index (κ1) is 17.1. The second-order valence-corrected chi connectivity index (χ2v) is 5.82. The first-order valence-electron chi connectivity index (χ1n) is 6.38. The maximum absolute atomic E-state index is 12.0. The summed E-state index contributed by atoms with van der Waals surface area (Å²) in [7, 11) is -2.22. The molecule has 0 spiro atoms. The number of amides is 1. The third kappa shape index (κ3) is 5.16. The molecule has 0 atom stereocenters. The summed E-state index contributed by atoms with van der Waals surface area (Å²) in [5.74, 6) is -0.760. The van der Waals surface area contributed by atoms with E-state index in [-0.39, 0.29) is 30.4 Å². The lowest BCUT2D eigenvalue weighted by Gasteiger charge is -2.07. The van der Waals surface area contributed by atoms with Crippen molar-refractivity contribution in [3.8, 4) is 0 Å². The van der Waals surface area contributed by atoms with E-state index in [0.29, 0.717) is 5.56 Å². The lowest BCUT2D eigenvalue weighted by atomic mass is 10.2. The summed E-state index contributed by atoms with van der Waals surface area (Å²) >= 11 is 0. The van der Waals surface area contributed by atoms with Crippen molar-refractivity contribution >= 4 is 21.9 Å². The van der Waals surface area contributed by atoms with Gasteiger partial charge in [0.1, 0.15) is 0 Å². The second-order valence-electron chi connectivity index (χ2n) is 4.06. The highest BCUT2D eigenvalue weighted by atomic mass is 32.2. The summed E-state index contributed by atoms with van der Waals surface area (Å²) < 4.78 is 30.9. The van der Waals surface area contributed by atoms with Crippen LogP contribution in [0.2, 0.25) is 0 Å². The van der Waals surface area contributed by atoms with E-state index >= 15 is 0 Å². The van der Waals surface area contributed by atoms with Gasteiger partial charge in [0.15, 0.2) is 0 Å². The lowest BCUT2D eigenvalue weighted by molar-refractivity contribution is -0.142. The number of carbonyl (C=O) groups excluding carboxylic acids is 2. The molecular formula is C13H18N2O5S. The third-order valence-corrected chi connectivity index (χ3v) is 4.06. The van der Waals surface area contributed by atoms with Gasteiger partial charge in [0, 0.05) is 19.2 Å². The normalized spacial score (nSPS) is 11.0. The van der Waals surface area contributed by atoms with Gasteiger partial charge in [-0.2, -0.15) is 0 Å². The Morgan fingerprint density at radius 3 is 2.33 bits per heavy atom. The Hall–Kier alpha value is -1.93. The Labute approximate surface area is 123 Å². The van der Waals surface area contributed by atoms with Gasteiger partial charge in [0.2, 0.25) is 10.0 Å². The van der Waals surface area contributed by atoms with E-state index in [0.717, 1.165) is 0 Å². The average molecular weight is 314 g/mol. The van der Waals surface area contributed by atoms with Crippen molar-refractivity contribution in [2.45, 2.75) is 18.2 Å². The van der Waals surface area contributed by atoms with Gasteiger partial charge in [0.05, 0.1) is 17.9 Å². The van der Waals surface area contributed by atoms with Crippen molar-refractivity contribution < 1.29 is 22.7 Å². The molecule has 0 saturated heterocycles. The van der Waals surface area contributed by atoms with Crippen LogP contribution in [-0.2, 0) is 19.6 Å². The zero-order chi connectivity index (χ0) is 15.9. The zero-order valence-electron chi connectivity index (χ0n) is 11.9. The molecule has 1 aromatic carbocycles. The predicted octanol–water partition coefficient (Wildman–Crippen LogP) is 0.278. The molecule has 0 aliphatic heterocycles. The fourth-order valence-corrected chi connectivity index (χ4v) is 2.57. The SMILES string of the molecule is CCOC(=O)CCNS(=O)(=O)c1ccc(C(=O)NC)cc1. The smallest absolute Gasteiger partial charge is 0.307 e. The van der Waals surface area contributed by atoms with Gasteiger partial charge in [-0.1, -0.05) is 0 Å². The summed E-state index contributed by atoms with van der Waals surface area (Å²) in [6.45, 7) is 1.89. The van der Waals surface area contributed by atoms with E-state index in [9.17, 15) is 18.0 Å². The summed E-state index contributed by atoms with van der Waals surface area (Å²) in [6, 6.07) is 5.49. The van der Waals surface area contributed by atoms with E-state index in [1.165, 1.54) is 31.3 Å². The van der Waals surface area contributed by atoms with Gasteiger partial charge in [-0.05, 0) is 31.2 Å². The van der Waals surface area contributed by atoms with E-state index in [1.54, 1.807) is 6.92 Å². The molecule has 0 heterocycles.